The van der Waals surface area contributed by atoms with E-state index in [4.69, 9.17) is 0 Å². The molecule has 0 radical (unpaired) electrons. The van der Waals surface area contributed by atoms with Crippen LogP contribution in [0.4, 0.5) is 0 Å². The lowest BCUT2D eigenvalue weighted by Gasteiger charge is -2.14. The molecule has 2 nitrogen and oxygen atoms in total. The van der Waals surface area contributed by atoms with Gasteiger partial charge >= 0.3 is 0 Å². The van der Waals surface area contributed by atoms with E-state index in [0.29, 0.717) is 5.92 Å². The maximum absolute atomic E-state index is 4.38. The first-order chi connectivity index (χ1) is 7.38. The second-order valence-electron chi connectivity index (χ2n) is 3.30. The van der Waals surface area contributed by atoms with E-state index in [1.54, 1.807) is 0 Å². The SMILES string of the molecule is CC.CCCC(CNC)c1ccccn1. The molecule has 1 atom stereocenters. The summed E-state index contributed by atoms with van der Waals surface area (Å²) >= 11 is 0. The molecule has 1 aromatic rings. The molecule has 0 aliphatic carbocycles. The average molecular weight is 208 g/mol. The highest BCUT2D eigenvalue weighted by Crippen LogP contribution is 2.17. The van der Waals surface area contributed by atoms with Crippen molar-refractivity contribution in [3.8, 4) is 0 Å². The zero-order chi connectivity index (χ0) is 11.5. The van der Waals surface area contributed by atoms with Gasteiger partial charge in [0.1, 0.15) is 0 Å². The fourth-order valence-corrected chi connectivity index (χ4v) is 1.57. The Hall–Kier alpha value is -0.890. The normalized spacial score (nSPS) is 11.5. The molecule has 0 aliphatic heterocycles. The summed E-state index contributed by atoms with van der Waals surface area (Å²) < 4.78 is 0. The van der Waals surface area contributed by atoms with Crippen LogP contribution in [0.1, 0.15) is 45.2 Å². The second-order valence-corrected chi connectivity index (χ2v) is 3.30. The van der Waals surface area contributed by atoms with Crippen molar-refractivity contribution >= 4 is 0 Å². The van der Waals surface area contributed by atoms with Gasteiger partial charge in [-0.1, -0.05) is 33.3 Å². The number of aromatic nitrogens is 1. The highest BCUT2D eigenvalue weighted by atomic mass is 14.8. The van der Waals surface area contributed by atoms with Crippen molar-refractivity contribution < 1.29 is 0 Å². The smallest absolute Gasteiger partial charge is 0.0447 e. The van der Waals surface area contributed by atoms with Gasteiger partial charge in [-0.3, -0.25) is 4.98 Å². The molecule has 1 unspecified atom stereocenters. The van der Waals surface area contributed by atoms with Crippen LogP contribution in [0.2, 0.25) is 0 Å². The minimum atomic E-state index is 0.566. The third kappa shape index (κ3) is 5.53. The Kier molecular flexibility index (Phi) is 9.08. The number of nitrogens with one attached hydrogen (secondary N) is 1. The molecule has 0 aromatic carbocycles. The Morgan fingerprint density at radius 3 is 2.53 bits per heavy atom. The van der Waals surface area contributed by atoms with Crippen molar-refractivity contribution in [3.05, 3.63) is 30.1 Å². The lowest BCUT2D eigenvalue weighted by Crippen LogP contribution is -2.17. The maximum Gasteiger partial charge on any atom is 0.0447 e. The van der Waals surface area contributed by atoms with Gasteiger partial charge in [0.2, 0.25) is 0 Å². The Labute approximate surface area is 94.1 Å². The van der Waals surface area contributed by atoms with E-state index in [1.165, 1.54) is 18.5 Å². The first-order valence-corrected chi connectivity index (χ1v) is 5.94. The van der Waals surface area contributed by atoms with Crippen molar-refractivity contribution in [2.24, 2.45) is 0 Å². The van der Waals surface area contributed by atoms with Crippen LogP contribution in [0.25, 0.3) is 0 Å². The summed E-state index contributed by atoms with van der Waals surface area (Å²) in [5.41, 5.74) is 1.21. The quantitative estimate of drug-likeness (QED) is 0.803. The van der Waals surface area contributed by atoms with Gasteiger partial charge in [0.25, 0.3) is 0 Å². The summed E-state index contributed by atoms with van der Waals surface area (Å²) in [6.07, 6.45) is 4.29. The number of rotatable bonds is 5. The van der Waals surface area contributed by atoms with Crippen molar-refractivity contribution in [1.82, 2.24) is 10.3 Å². The molecule has 1 N–H and O–H groups in total. The molecule has 1 rings (SSSR count). The van der Waals surface area contributed by atoms with Gasteiger partial charge in [0.15, 0.2) is 0 Å². The summed E-state index contributed by atoms with van der Waals surface area (Å²) in [6, 6.07) is 6.13. The molecule has 86 valence electrons. The third-order valence-electron chi connectivity index (χ3n) is 2.19. The minimum absolute atomic E-state index is 0.566. The van der Waals surface area contributed by atoms with Crippen molar-refractivity contribution in [2.75, 3.05) is 13.6 Å². The van der Waals surface area contributed by atoms with Crippen molar-refractivity contribution in [2.45, 2.75) is 39.5 Å². The number of pyridine rings is 1. The van der Waals surface area contributed by atoms with Gasteiger partial charge in [-0.25, -0.2) is 0 Å². The molecular weight excluding hydrogens is 184 g/mol. The topological polar surface area (TPSA) is 24.9 Å². The predicted molar refractivity (Wildman–Crippen MR) is 67.2 cm³/mol. The van der Waals surface area contributed by atoms with Gasteiger partial charge in [-0.15, -0.1) is 0 Å². The highest BCUT2D eigenvalue weighted by molar-refractivity contribution is 5.09. The molecule has 1 heterocycles. The van der Waals surface area contributed by atoms with Crippen LogP contribution in [0, 0.1) is 0 Å². The third-order valence-corrected chi connectivity index (χ3v) is 2.19. The molecule has 0 spiro atoms. The van der Waals surface area contributed by atoms with E-state index >= 15 is 0 Å². The number of hydrogen-bond acceptors (Lipinski definition) is 2. The van der Waals surface area contributed by atoms with Crippen LogP contribution in [0.5, 0.6) is 0 Å². The Balaban J connectivity index is 0.000000921. The Morgan fingerprint density at radius 2 is 2.07 bits per heavy atom. The second kappa shape index (κ2) is 9.66. The Morgan fingerprint density at radius 1 is 1.33 bits per heavy atom. The molecule has 1 aromatic heterocycles. The van der Waals surface area contributed by atoms with E-state index in [9.17, 15) is 0 Å². The number of likely N-dealkylation sites (N-methyl/N-ethyl adjacent to an activating group) is 1. The fourth-order valence-electron chi connectivity index (χ4n) is 1.57. The number of hydrogen-bond donors (Lipinski definition) is 1. The monoisotopic (exact) mass is 208 g/mol. The van der Waals surface area contributed by atoms with Crippen LogP contribution in [0.15, 0.2) is 24.4 Å². The van der Waals surface area contributed by atoms with E-state index in [1.807, 2.05) is 33.2 Å². The minimum Gasteiger partial charge on any atom is -0.319 e. The van der Waals surface area contributed by atoms with Gasteiger partial charge in [0, 0.05) is 24.4 Å². The van der Waals surface area contributed by atoms with E-state index in [-0.39, 0.29) is 0 Å². The van der Waals surface area contributed by atoms with E-state index < -0.39 is 0 Å². The fraction of sp³-hybridized carbons (Fsp3) is 0.615. The molecule has 0 fully saturated rings. The predicted octanol–water partition coefficient (Wildman–Crippen LogP) is 3.21. The summed E-state index contributed by atoms with van der Waals surface area (Å²) in [5.74, 6) is 0.566. The summed E-state index contributed by atoms with van der Waals surface area (Å²) in [5, 5.41) is 3.21. The molecule has 0 bridgehead atoms. The molecule has 2 heteroatoms. The molecular formula is C13H24N2. The van der Waals surface area contributed by atoms with Gasteiger partial charge in [0.05, 0.1) is 0 Å². The first-order valence-electron chi connectivity index (χ1n) is 5.94. The zero-order valence-electron chi connectivity index (χ0n) is 10.5. The van der Waals surface area contributed by atoms with Crippen molar-refractivity contribution in [3.63, 3.8) is 0 Å². The standard InChI is InChI=1S/C11H18N2.C2H6/c1-3-6-10(9-12-2)11-7-4-5-8-13-11;1-2/h4-5,7-8,10,12H,3,6,9H2,1-2H3;1-2H3. The molecule has 0 amide bonds. The maximum atomic E-state index is 4.38. The van der Waals surface area contributed by atoms with E-state index in [0.717, 1.165) is 6.54 Å². The molecule has 0 saturated carbocycles. The average Bonchev–Trinajstić information content (AvgIpc) is 2.33. The van der Waals surface area contributed by atoms with E-state index in [2.05, 4.69) is 29.4 Å². The zero-order valence-corrected chi connectivity index (χ0v) is 10.5. The Bertz CT molecular complexity index is 215. The van der Waals surface area contributed by atoms with Gasteiger partial charge in [-0.2, -0.15) is 0 Å². The molecule has 15 heavy (non-hydrogen) atoms. The lowest BCUT2D eigenvalue weighted by atomic mass is 9.99. The van der Waals surface area contributed by atoms with Crippen LogP contribution >= 0.6 is 0 Å². The summed E-state index contributed by atoms with van der Waals surface area (Å²) in [6.45, 7) is 7.23. The van der Waals surface area contributed by atoms with Crippen molar-refractivity contribution in [1.29, 1.82) is 0 Å². The number of nitrogens with zero attached hydrogens (tertiary/aromatic N) is 1. The summed E-state index contributed by atoms with van der Waals surface area (Å²) in [4.78, 5) is 4.38. The van der Waals surface area contributed by atoms with Crippen LogP contribution in [0.3, 0.4) is 0 Å². The van der Waals surface area contributed by atoms with Crippen LogP contribution in [-0.2, 0) is 0 Å². The lowest BCUT2D eigenvalue weighted by molar-refractivity contribution is 0.564. The first kappa shape index (κ1) is 14.1. The molecule has 0 saturated heterocycles. The van der Waals surface area contributed by atoms with Gasteiger partial charge < -0.3 is 5.32 Å². The van der Waals surface area contributed by atoms with Gasteiger partial charge in [-0.05, 0) is 25.6 Å². The largest absolute Gasteiger partial charge is 0.319 e. The molecule has 0 aliphatic rings. The van der Waals surface area contributed by atoms with Crippen LogP contribution < -0.4 is 5.32 Å². The van der Waals surface area contributed by atoms with Crippen LogP contribution in [-0.4, -0.2) is 18.6 Å². The summed E-state index contributed by atoms with van der Waals surface area (Å²) in [7, 11) is 1.99. The highest BCUT2D eigenvalue weighted by Gasteiger charge is 2.09.